The van der Waals surface area contributed by atoms with Crippen molar-refractivity contribution in [1.82, 2.24) is 10.3 Å². The van der Waals surface area contributed by atoms with E-state index < -0.39 is 0 Å². The number of aromatic nitrogens is 1. The first-order chi connectivity index (χ1) is 8.81. The van der Waals surface area contributed by atoms with Crippen LogP contribution in [0.15, 0.2) is 24.4 Å². The summed E-state index contributed by atoms with van der Waals surface area (Å²) in [4.78, 5) is 16.4. The van der Waals surface area contributed by atoms with E-state index in [1.54, 1.807) is 6.20 Å². The first-order valence-electron chi connectivity index (χ1n) is 6.55. The second-order valence-corrected chi connectivity index (χ2v) is 4.67. The lowest BCUT2D eigenvalue weighted by molar-refractivity contribution is -0.122. The van der Waals surface area contributed by atoms with Gasteiger partial charge in [-0.1, -0.05) is 13.0 Å². The molecule has 1 aromatic heterocycles. The van der Waals surface area contributed by atoms with Crippen LogP contribution in [0.4, 0.5) is 0 Å². The second-order valence-electron chi connectivity index (χ2n) is 4.67. The summed E-state index contributed by atoms with van der Waals surface area (Å²) in [5, 5.41) is 3.38. The van der Waals surface area contributed by atoms with Crippen molar-refractivity contribution in [2.45, 2.75) is 25.8 Å². The summed E-state index contributed by atoms with van der Waals surface area (Å²) in [6.07, 6.45) is 3.19. The van der Waals surface area contributed by atoms with Crippen molar-refractivity contribution in [3.05, 3.63) is 30.1 Å². The molecular formula is C14H20N2O2. The molecule has 0 amide bonds. The predicted molar refractivity (Wildman–Crippen MR) is 69.3 cm³/mol. The van der Waals surface area contributed by atoms with Gasteiger partial charge in [0, 0.05) is 24.4 Å². The van der Waals surface area contributed by atoms with E-state index in [-0.39, 0.29) is 17.7 Å². The standard InChI is InChI=1S/C14H20N2O2/c1-2-6-16-13-10-18-9-12(13)14(17)8-11-5-3-4-7-15-11/h3-5,7,12-13,16H,2,6,8-10H2,1H3. The molecule has 1 aliphatic heterocycles. The number of ketones is 1. The number of pyridine rings is 1. The maximum Gasteiger partial charge on any atom is 0.145 e. The minimum atomic E-state index is -0.0291. The molecule has 4 nitrogen and oxygen atoms in total. The van der Waals surface area contributed by atoms with Crippen molar-refractivity contribution in [2.24, 2.45) is 5.92 Å². The van der Waals surface area contributed by atoms with Crippen LogP contribution < -0.4 is 5.32 Å². The average Bonchev–Trinajstić information content (AvgIpc) is 2.86. The number of carbonyl (C=O) groups is 1. The number of hydrogen-bond acceptors (Lipinski definition) is 4. The fourth-order valence-corrected chi connectivity index (χ4v) is 2.21. The Balaban J connectivity index is 1.91. The van der Waals surface area contributed by atoms with E-state index in [2.05, 4.69) is 17.2 Å². The van der Waals surface area contributed by atoms with Crippen molar-refractivity contribution >= 4 is 5.78 Å². The lowest BCUT2D eigenvalue weighted by Gasteiger charge is -2.17. The largest absolute Gasteiger partial charge is 0.379 e. The Morgan fingerprint density at radius 1 is 1.50 bits per heavy atom. The normalized spacial score (nSPS) is 23.2. The summed E-state index contributed by atoms with van der Waals surface area (Å²) in [6.45, 7) is 4.22. The van der Waals surface area contributed by atoms with Crippen LogP contribution in [0.1, 0.15) is 19.0 Å². The number of carbonyl (C=O) groups excluding carboxylic acids is 1. The third kappa shape index (κ3) is 3.37. The molecule has 1 aliphatic rings. The van der Waals surface area contributed by atoms with Crippen molar-refractivity contribution in [3.8, 4) is 0 Å². The van der Waals surface area contributed by atoms with Crippen LogP contribution in [0.2, 0.25) is 0 Å². The first-order valence-corrected chi connectivity index (χ1v) is 6.55. The van der Waals surface area contributed by atoms with E-state index in [1.165, 1.54) is 0 Å². The van der Waals surface area contributed by atoms with Gasteiger partial charge in [-0.15, -0.1) is 0 Å². The van der Waals surface area contributed by atoms with Gasteiger partial charge in [-0.3, -0.25) is 9.78 Å². The minimum Gasteiger partial charge on any atom is -0.379 e. The van der Waals surface area contributed by atoms with Gasteiger partial charge in [-0.2, -0.15) is 0 Å². The molecular weight excluding hydrogens is 228 g/mol. The SMILES string of the molecule is CCCNC1COCC1C(=O)Cc1ccccn1. The second kappa shape index (κ2) is 6.61. The van der Waals surface area contributed by atoms with Gasteiger partial charge >= 0.3 is 0 Å². The molecule has 4 heteroatoms. The van der Waals surface area contributed by atoms with Crippen LogP contribution in [0, 0.1) is 5.92 Å². The Bertz CT molecular complexity index is 381. The highest BCUT2D eigenvalue weighted by Crippen LogP contribution is 2.16. The van der Waals surface area contributed by atoms with Gasteiger partial charge in [0.25, 0.3) is 0 Å². The summed E-state index contributed by atoms with van der Waals surface area (Å²) < 4.78 is 5.42. The molecule has 0 saturated carbocycles. The topological polar surface area (TPSA) is 51.2 Å². The molecule has 2 unspecified atom stereocenters. The zero-order chi connectivity index (χ0) is 12.8. The van der Waals surface area contributed by atoms with Crippen LogP contribution >= 0.6 is 0 Å². The summed E-state index contributed by atoms with van der Waals surface area (Å²) in [6, 6.07) is 5.83. The molecule has 2 atom stereocenters. The Hall–Kier alpha value is -1.26. The van der Waals surface area contributed by atoms with E-state index in [0.29, 0.717) is 19.6 Å². The number of ether oxygens (including phenoxy) is 1. The maximum absolute atomic E-state index is 12.2. The predicted octanol–water partition coefficient (Wildman–Crippen LogP) is 1.21. The van der Waals surface area contributed by atoms with Crippen molar-refractivity contribution < 1.29 is 9.53 Å². The third-order valence-electron chi connectivity index (χ3n) is 3.23. The lowest BCUT2D eigenvalue weighted by atomic mass is 9.95. The van der Waals surface area contributed by atoms with E-state index in [0.717, 1.165) is 18.7 Å². The fraction of sp³-hybridized carbons (Fsp3) is 0.571. The van der Waals surface area contributed by atoms with Gasteiger partial charge in [0.1, 0.15) is 5.78 Å². The van der Waals surface area contributed by atoms with Crippen LogP contribution in [-0.4, -0.2) is 36.6 Å². The molecule has 98 valence electrons. The summed E-state index contributed by atoms with van der Waals surface area (Å²) in [7, 11) is 0. The molecule has 0 radical (unpaired) electrons. The van der Waals surface area contributed by atoms with Crippen LogP contribution in [0.5, 0.6) is 0 Å². The first kappa shape index (κ1) is 13.2. The molecule has 1 aromatic rings. The van der Waals surface area contributed by atoms with Crippen LogP contribution in [0.3, 0.4) is 0 Å². The fourth-order valence-electron chi connectivity index (χ4n) is 2.21. The Morgan fingerprint density at radius 2 is 2.39 bits per heavy atom. The summed E-state index contributed by atoms with van der Waals surface area (Å²) in [5.41, 5.74) is 0.837. The van der Waals surface area contributed by atoms with Gasteiger partial charge in [0.15, 0.2) is 0 Å². The van der Waals surface area contributed by atoms with E-state index in [4.69, 9.17) is 4.74 Å². The molecule has 2 heterocycles. The number of hydrogen-bond donors (Lipinski definition) is 1. The van der Waals surface area contributed by atoms with Gasteiger partial charge in [-0.05, 0) is 25.1 Å². The third-order valence-corrected chi connectivity index (χ3v) is 3.23. The number of rotatable bonds is 6. The monoisotopic (exact) mass is 248 g/mol. The number of nitrogens with zero attached hydrogens (tertiary/aromatic N) is 1. The lowest BCUT2D eigenvalue weighted by Crippen LogP contribution is -2.40. The smallest absolute Gasteiger partial charge is 0.145 e. The average molecular weight is 248 g/mol. The van der Waals surface area contributed by atoms with Crippen molar-refractivity contribution in [1.29, 1.82) is 0 Å². The maximum atomic E-state index is 12.2. The molecule has 2 rings (SSSR count). The van der Waals surface area contributed by atoms with Gasteiger partial charge in [0.05, 0.1) is 19.1 Å². The molecule has 1 saturated heterocycles. The summed E-state index contributed by atoms with van der Waals surface area (Å²) >= 11 is 0. The number of nitrogens with one attached hydrogen (secondary N) is 1. The molecule has 0 aliphatic carbocycles. The van der Waals surface area contributed by atoms with Crippen molar-refractivity contribution in [2.75, 3.05) is 19.8 Å². The van der Waals surface area contributed by atoms with E-state index >= 15 is 0 Å². The summed E-state index contributed by atoms with van der Waals surface area (Å²) in [5.74, 6) is 0.193. The highest BCUT2D eigenvalue weighted by Gasteiger charge is 2.33. The molecule has 0 bridgehead atoms. The molecule has 18 heavy (non-hydrogen) atoms. The highest BCUT2D eigenvalue weighted by molar-refractivity contribution is 5.84. The molecule has 0 spiro atoms. The van der Waals surface area contributed by atoms with Gasteiger partial charge in [0.2, 0.25) is 0 Å². The molecule has 1 fully saturated rings. The zero-order valence-corrected chi connectivity index (χ0v) is 10.8. The van der Waals surface area contributed by atoms with Crippen LogP contribution in [-0.2, 0) is 16.0 Å². The highest BCUT2D eigenvalue weighted by atomic mass is 16.5. The zero-order valence-electron chi connectivity index (χ0n) is 10.8. The van der Waals surface area contributed by atoms with Crippen LogP contribution in [0.25, 0.3) is 0 Å². The van der Waals surface area contributed by atoms with E-state index in [1.807, 2.05) is 18.2 Å². The van der Waals surface area contributed by atoms with E-state index in [9.17, 15) is 4.79 Å². The Kier molecular flexibility index (Phi) is 4.84. The van der Waals surface area contributed by atoms with Gasteiger partial charge < -0.3 is 10.1 Å². The molecule has 0 aromatic carbocycles. The Labute approximate surface area is 108 Å². The van der Waals surface area contributed by atoms with Crippen molar-refractivity contribution in [3.63, 3.8) is 0 Å². The van der Waals surface area contributed by atoms with Gasteiger partial charge in [-0.25, -0.2) is 0 Å². The quantitative estimate of drug-likeness (QED) is 0.822. The minimum absolute atomic E-state index is 0.0291. The Morgan fingerprint density at radius 3 is 3.11 bits per heavy atom. The molecule has 1 N–H and O–H groups in total. The number of Topliss-reactive ketones (excluding diaryl/α,β-unsaturated/α-hetero) is 1.